The van der Waals surface area contributed by atoms with E-state index in [1.807, 2.05) is 79.2 Å². The highest BCUT2D eigenvalue weighted by Crippen LogP contribution is 2.27. The lowest BCUT2D eigenvalue weighted by molar-refractivity contribution is -0.113. The summed E-state index contributed by atoms with van der Waals surface area (Å²) in [7, 11) is 0. The number of hydrogen-bond donors (Lipinski definition) is 1. The third-order valence-electron chi connectivity index (χ3n) is 5.18. The summed E-state index contributed by atoms with van der Waals surface area (Å²) in [4.78, 5) is 17.1. The predicted octanol–water partition coefficient (Wildman–Crippen LogP) is 6.08. The monoisotopic (exact) mass is 505 g/mol. The fourth-order valence-electron chi connectivity index (χ4n) is 3.36. The standard InChI is InChI=1S/C26H27N5O2S2/c1-5-14-31-24(19(4)33-21-12-8-18(3)9-13-21)29-30-26(31)35-16-23(32)28-25-27-22(15-34-25)20-10-6-17(2)7-11-20/h5-13,15,19H,1,14,16H2,2-4H3,(H,27,28,32). The van der Waals surface area contributed by atoms with Crippen LogP contribution < -0.4 is 10.1 Å². The molecule has 1 atom stereocenters. The lowest BCUT2D eigenvalue weighted by Crippen LogP contribution is -2.15. The minimum Gasteiger partial charge on any atom is -0.483 e. The molecule has 0 fully saturated rings. The molecule has 0 aliphatic rings. The SMILES string of the molecule is C=CCn1c(SCC(=O)Nc2nc(-c3ccc(C)cc3)cs2)nnc1C(C)Oc1ccc(C)cc1. The molecule has 9 heteroatoms. The molecule has 180 valence electrons. The molecule has 35 heavy (non-hydrogen) atoms. The van der Waals surface area contributed by atoms with Gasteiger partial charge in [0.05, 0.1) is 11.4 Å². The molecule has 1 unspecified atom stereocenters. The molecule has 0 aliphatic heterocycles. The molecule has 2 aromatic heterocycles. The fraction of sp³-hybridized carbons (Fsp3) is 0.231. The lowest BCUT2D eigenvalue weighted by Gasteiger charge is -2.15. The van der Waals surface area contributed by atoms with Gasteiger partial charge in [-0.05, 0) is 32.9 Å². The predicted molar refractivity (Wildman–Crippen MR) is 142 cm³/mol. The Morgan fingerprint density at radius 2 is 1.83 bits per heavy atom. The first-order valence-corrected chi connectivity index (χ1v) is 13.0. The molecular formula is C26H27N5O2S2. The van der Waals surface area contributed by atoms with Crippen LogP contribution in [-0.4, -0.2) is 31.4 Å². The van der Waals surface area contributed by atoms with Gasteiger partial charge in [0.1, 0.15) is 5.75 Å². The van der Waals surface area contributed by atoms with Crippen molar-refractivity contribution in [3.63, 3.8) is 0 Å². The second-order valence-electron chi connectivity index (χ2n) is 8.05. The number of anilines is 1. The third kappa shape index (κ3) is 6.37. The molecule has 1 amide bonds. The molecule has 0 spiro atoms. The van der Waals surface area contributed by atoms with Gasteiger partial charge < -0.3 is 10.1 Å². The highest BCUT2D eigenvalue weighted by molar-refractivity contribution is 7.99. The average molecular weight is 506 g/mol. The Hall–Kier alpha value is -3.43. The number of ether oxygens (including phenoxy) is 1. The quantitative estimate of drug-likeness (QED) is 0.208. The van der Waals surface area contributed by atoms with Crippen molar-refractivity contribution < 1.29 is 9.53 Å². The van der Waals surface area contributed by atoms with Crippen LogP contribution in [0.4, 0.5) is 5.13 Å². The number of aryl methyl sites for hydroxylation is 2. The summed E-state index contributed by atoms with van der Waals surface area (Å²) >= 11 is 2.72. The maximum atomic E-state index is 12.6. The van der Waals surface area contributed by atoms with Crippen molar-refractivity contribution in [1.82, 2.24) is 19.7 Å². The highest BCUT2D eigenvalue weighted by Gasteiger charge is 2.20. The molecule has 2 heterocycles. The van der Waals surface area contributed by atoms with E-state index in [-0.39, 0.29) is 17.8 Å². The first kappa shape index (κ1) is 24.7. The van der Waals surface area contributed by atoms with E-state index >= 15 is 0 Å². The van der Waals surface area contributed by atoms with Gasteiger partial charge in [-0.1, -0.05) is 65.4 Å². The Kier molecular flexibility index (Phi) is 7.99. The molecule has 2 aromatic carbocycles. The van der Waals surface area contributed by atoms with Gasteiger partial charge in [-0.25, -0.2) is 4.98 Å². The number of rotatable bonds is 10. The third-order valence-corrected chi connectivity index (χ3v) is 6.91. The van der Waals surface area contributed by atoms with Crippen molar-refractivity contribution in [2.75, 3.05) is 11.1 Å². The lowest BCUT2D eigenvalue weighted by atomic mass is 10.1. The zero-order chi connectivity index (χ0) is 24.8. The van der Waals surface area contributed by atoms with Crippen LogP contribution in [0.3, 0.4) is 0 Å². The van der Waals surface area contributed by atoms with E-state index in [1.54, 1.807) is 6.08 Å². The van der Waals surface area contributed by atoms with Crippen LogP contribution in [-0.2, 0) is 11.3 Å². The number of allylic oxidation sites excluding steroid dienone is 1. The van der Waals surface area contributed by atoms with Crippen LogP contribution in [0, 0.1) is 13.8 Å². The van der Waals surface area contributed by atoms with E-state index < -0.39 is 0 Å². The Morgan fingerprint density at radius 1 is 1.14 bits per heavy atom. The maximum Gasteiger partial charge on any atom is 0.236 e. The van der Waals surface area contributed by atoms with Gasteiger partial charge in [0.15, 0.2) is 22.2 Å². The van der Waals surface area contributed by atoms with Gasteiger partial charge >= 0.3 is 0 Å². The molecule has 4 rings (SSSR count). The number of thiazole rings is 1. The summed E-state index contributed by atoms with van der Waals surface area (Å²) in [5.74, 6) is 1.47. The van der Waals surface area contributed by atoms with E-state index in [2.05, 4.69) is 27.1 Å². The van der Waals surface area contributed by atoms with Crippen LogP contribution in [0.15, 0.2) is 71.7 Å². The Labute approximate surface area is 213 Å². The van der Waals surface area contributed by atoms with Crippen LogP contribution >= 0.6 is 23.1 Å². The van der Waals surface area contributed by atoms with Crippen molar-refractivity contribution in [2.24, 2.45) is 0 Å². The van der Waals surface area contributed by atoms with E-state index in [9.17, 15) is 4.79 Å². The smallest absolute Gasteiger partial charge is 0.236 e. The largest absolute Gasteiger partial charge is 0.483 e. The Bertz CT molecular complexity index is 1300. The second kappa shape index (κ2) is 11.3. The summed E-state index contributed by atoms with van der Waals surface area (Å²) in [6, 6.07) is 16.0. The first-order chi connectivity index (χ1) is 16.9. The van der Waals surface area contributed by atoms with Crippen molar-refractivity contribution in [1.29, 1.82) is 0 Å². The summed E-state index contributed by atoms with van der Waals surface area (Å²) in [6.07, 6.45) is 1.46. The number of amides is 1. The number of aromatic nitrogens is 4. The van der Waals surface area contributed by atoms with Crippen molar-refractivity contribution in [3.8, 4) is 17.0 Å². The number of carbonyl (C=O) groups is 1. The average Bonchev–Trinajstić information content (AvgIpc) is 3.47. The molecule has 0 saturated heterocycles. The van der Waals surface area contributed by atoms with E-state index in [4.69, 9.17) is 4.74 Å². The molecular weight excluding hydrogens is 478 g/mol. The number of nitrogens with one attached hydrogen (secondary N) is 1. The molecule has 1 N–H and O–H groups in total. The van der Waals surface area contributed by atoms with Crippen molar-refractivity contribution in [2.45, 2.75) is 38.6 Å². The van der Waals surface area contributed by atoms with Crippen LogP contribution in [0.5, 0.6) is 5.75 Å². The first-order valence-electron chi connectivity index (χ1n) is 11.2. The number of thioether (sulfide) groups is 1. The van der Waals surface area contributed by atoms with Crippen molar-refractivity contribution in [3.05, 3.63) is 83.5 Å². The van der Waals surface area contributed by atoms with E-state index in [1.165, 1.54) is 34.2 Å². The summed E-state index contributed by atoms with van der Waals surface area (Å²) < 4.78 is 7.97. The minimum absolute atomic E-state index is 0.154. The molecule has 0 saturated carbocycles. The number of benzene rings is 2. The van der Waals surface area contributed by atoms with Crippen LogP contribution in [0.1, 0.15) is 30.0 Å². The topological polar surface area (TPSA) is 81.9 Å². The van der Waals surface area contributed by atoms with E-state index in [0.29, 0.717) is 22.7 Å². The second-order valence-corrected chi connectivity index (χ2v) is 9.85. The molecule has 0 bridgehead atoms. The summed E-state index contributed by atoms with van der Waals surface area (Å²) in [5.41, 5.74) is 4.23. The Morgan fingerprint density at radius 3 is 2.51 bits per heavy atom. The van der Waals surface area contributed by atoms with Gasteiger partial charge in [-0.15, -0.1) is 28.1 Å². The minimum atomic E-state index is -0.316. The molecule has 7 nitrogen and oxygen atoms in total. The maximum absolute atomic E-state index is 12.6. The normalized spacial score (nSPS) is 11.7. The van der Waals surface area contributed by atoms with E-state index in [0.717, 1.165) is 17.0 Å². The zero-order valence-corrected chi connectivity index (χ0v) is 21.5. The number of nitrogens with zero attached hydrogens (tertiary/aromatic N) is 4. The fourth-order valence-corrected chi connectivity index (χ4v) is 4.85. The van der Waals surface area contributed by atoms with Crippen molar-refractivity contribution >= 4 is 34.1 Å². The number of carbonyl (C=O) groups excluding carboxylic acids is 1. The van der Waals surface area contributed by atoms with Gasteiger partial charge in [0.2, 0.25) is 5.91 Å². The zero-order valence-electron chi connectivity index (χ0n) is 19.9. The molecule has 0 radical (unpaired) electrons. The van der Waals surface area contributed by atoms with Gasteiger partial charge in [0.25, 0.3) is 0 Å². The van der Waals surface area contributed by atoms with Crippen LogP contribution in [0.2, 0.25) is 0 Å². The van der Waals surface area contributed by atoms with Gasteiger partial charge in [0, 0.05) is 17.5 Å². The molecule has 0 aliphatic carbocycles. The summed E-state index contributed by atoms with van der Waals surface area (Å²) in [6.45, 7) is 10.4. The number of hydrogen-bond acceptors (Lipinski definition) is 7. The van der Waals surface area contributed by atoms with Gasteiger partial charge in [-0.3, -0.25) is 9.36 Å². The Balaban J connectivity index is 1.38. The molecule has 4 aromatic rings. The summed E-state index contributed by atoms with van der Waals surface area (Å²) in [5, 5.41) is 14.6. The van der Waals surface area contributed by atoms with Crippen LogP contribution in [0.25, 0.3) is 11.3 Å². The highest BCUT2D eigenvalue weighted by atomic mass is 32.2. The van der Waals surface area contributed by atoms with Gasteiger partial charge in [-0.2, -0.15) is 0 Å².